The fourth-order valence-corrected chi connectivity index (χ4v) is 2.55. The molecule has 4 heteroatoms. The molecule has 1 amide bonds. The van der Waals surface area contributed by atoms with Crippen LogP contribution in [0.5, 0.6) is 0 Å². The smallest absolute Gasteiger partial charge is 0.240 e. The number of carbonyl (C=O) groups excluding carboxylic acids is 1. The third-order valence-electron chi connectivity index (χ3n) is 3.50. The minimum atomic E-state index is -0.249. The number of carbonyl (C=O) groups is 1. The van der Waals surface area contributed by atoms with E-state index in [1.165, 1.54) is 5.56 Å². The number of nitrogens with zero attached hydrogens (tertiary/aromatic N) is 1. The lowest BCUT2D eigenvalue weighted by molar-refractivity contribution is -0.119. The van der Waals surface area contributed by atoms with Crippen LogP contribution >= 0.6 is 0 Å². The van der Waals surface area contributed by atoms with Gasteiger partial charge in [0.25, 0.3) is 0 Å². The van der Waals surface area contributed by atoms with Gasteiger partial charge in [0.05, 0.1) is 0 Å². The van der Waals surface area contributed by atoms with Gasteiger partial charge in [-0.25, -0.2) is 0 Å². The zero-order valence-corrected chi connectivity index (χ0v) is 11.0. The van der Waals surface area contributed by atoms with Crippen molar-refractivity contribution in [3.8, 4) is 0 Å². The van der Waals surface area contributed by atoms with Gasteiger partial charge in [0.1, 0.15) is 6.04 Å². The Morgan fingerprint density at radius 2 is 2.28 bits per heavy atom. The monoisotopic (exact) mass is 247 g/mol. The number of para-hydroxylation sites is 1. The second kappa shape index (κ2) is 5.40. The van der Waals surface area contributed by atoms with E-state index in [-0.39, 0.29) is 11.9 Å². The zero-order valence-electron chi connectivity index (χ0n) is 11.0. The SMILES string of the molecule is CCC(C(N)=O)N1CC(C)NCc2ccccc21. The molecule has 0 fully saturated rings. The molecule has 18 heavy (non-hydrogen) atoms. The highest BCUT2D eigenvalue weighted by Crippen LogP contribution is 2.26. The molecule has 3 N–H and O–H groups in total. The van der Waals surface area contributed by atoms with E-state index in [2.05, 4.69) is 29.3 Å². The summed E-state index contributed by atoms with van der Waals surface area (Å²) < 4.78 is 0. The summed E-state index contributed by atoms with van der Waals surface area (Å²) in [5.41, 5.74) is 7.88. The van der Waals surface area contributed by atoms with Crippen molar-refractivity contribution in [2.75, 3.05) is 11.4 Å². The predicted octanol–water partition coefficient (Wildman–Crippen LogP) is 1.25. The van der Waals surface area contributed by atoms with Crippen molar-refractivity contribution in [1.82, 2.24) is 5.32 Å². The van der Waals surface area contributed by atoms with E-state index >= 15 is 0 Å². The van der Waals surface area contributed by atoms with Gasteiger partial charge in [-0.2, -0.15) is 0 Å². The summed E-state index contributed by atoms with van der Waals surface area (Å²) >= 11 is 0. The Kier molecular flexibility index (Phi) is 3.87. The Morgan fingerprint density at radius 1 is 1.56 bits per heavy atom. The van der Waals surface area contributed by atoms with E-state index in [9.17, 15) is 4.79 Å². The molecule has 0 radical (unpaired) electrons. The van der Waals surface area contributed by atoms with Crippen LogP contribution in [0.15, 0.2) is 24.3 Å². The van der Waals surface area contributed by atoms with E-state index in [0.29, 0.717) is 6.04 Å². The van der Waals surface area contributed by atoms with E-state index in [1.54, 1.807) is 0 Å². The molecule has 2 rings (SSSR count). The van der Waals surface area contributed by atoms with E-state index in [4.69, 9.17) is 5.73 Å². The summed E-state index contributed by atoms with van der Waals surface area (Å²) in [5, 5.41) is 3.45. The Bertz CT molecular complexity index is 433. The molecule has 1 aliphatic heterocycles. The predicted molar refractivity (Wildman–Crippen MR) is 73.4 cm³/mol. The average molecular weight is 247 g/mol. The van der Waals surface area contributed by atoms with Gasteiger partial charge >= 0.3 is 0 Å². The molecule has 1 heterocycles. The highest BCUT2D eigenvalue weighted by molar-refractivity contribution is 5.84. The van der Waals surface area contributed by atoms with Crippen molar-refractivity contribution in [3.63, 3.8) is 0 Å². The first-order chi connectivity index (χ1) is 8.63. The number of benzene rings is 1. The molecule has 0 aliphatic carbocycles. The Labute approximate surface area is 108 Å². The molecule has 0 spiro atoms. The summed E-state index contributed by atoms with van der Waals surface area (Å²) in [6.45, 7) is 5.77. The number of anilines is 1. The first-order valence-corrected chi connectivity index (χ1v) is 6.50. The minimum Gasteiger partial charge on any atom is -0.368 e. The number of fused-ring (bicyclic) bond motifs is 1. The first kappa shape index (κ1) is 12.9. The van der Waals surface area contributed by atoms with Crippen molar-refractivity contribution in [3.05, 3.63) is 29.8 Å². The highest BCUT2D eigenvalue weighted by Gasteiger charge is 2.27. The number of nitrogens with two attached hydrogens (primary N) is 1. The van der Waals surface area contributed by atoms with Crippen LogP contribution in [0.4, 0.5) is 5.69 Å². The molecule has 2 atom stereocenters. The van der Waals surface area contributed by atoms with E-state index in [0.717, 1.165) is 25.2 Å². The highest BCUT2D eigenvalue weighted by atomic mass is 16.1. The fraction of sp³-hybridized carbons (Fsp3) is 0.500. The Hall–Kier alpha value is -1.55. The van der Waals surface area contributed by atoms with Crippen molar-refractivity contribution in [2.24, 2.45) is 5.73 Å². The third-order valence-corrected chi connectivity index (χ3v) is 3.50. The van der Waals surface area contributed by atoms with Crippen LogP contribution in [0, 0.1) is 0 Å². The number of amides is 1. The van der Waals surface area contributed by atoms with Gasteiger partial charge in [0, 0.05) is 24.8 Å². The molecule has 0 aromatic heterocycles. The molecule has 4 nitrogen and oxygen atoms in total. The van der Waals surface area contributed by atoms with Crippen molar-refractivity contribution in [1.29, 1.82) is 0 Å². The summed E-state index contributed by atoms with van der Waals surface area (Å²) in [6.07, 6.45) is 0.733. The Balaban J connectivity index is 2.40. The number of hydrogen-bond donors (Lipinski definition) is 2. The summed E-state index contributed by atoms with van der Waals surface area (Å²) in [7, 11) is 0. The molecular weight excluding hydrogens is 226 g/mol. The zero-order chi connectivity index (χ0) is 13.1. The van der Waals surface area contributed by atoms with Gasteiger partial charge in [-0.3, -0.25) is 4.79 Å². The van der Waals surface area contributed by atoms with Crippen molar-refractivity contribution >= 4 is 11.6 Å². The topological polar surface area (TPSA) is 58.4 Å². The number of nitrogens with one attached hydrogen (secondary N) is 1. The van der Waals surface area contributed by atoms with Crippen molar-refractivity contribution in [2.45, 2.75) is 38.9 Å². The maximum atomic E-state index is 11.6. The van der Waals surface area contributed by atoms with Gasteiger partial charge in [-0.05, 0) is 25.0 Å². The molecule has 0 saturated heterocycles. The summed E-state index contributed by atoms with van der Waals surface area (Å²) in [4.78, 5) is 13.8. The van der Waals surface area contributed by atoms with Crippen LogP contribution in [0.3, 0.4) is 0 Å². The van der Waals surface area contributed by atoms with Crippen LogP contribution in [0.2, 0.25) is 0 Å². The second-order valence-electron chi connectivity index (χ2n) is 4.89. The molecule has 0 bridgehead atoms. The van der Waals surface area contributed by atoms with Gasteiger partial charge in [0.15, 0.2) is 0 Å². The summed E-state index contributed by atoms with van der Waals surface area (Å²) in [5.74, 6) is -0.249. The summed E-state index contributed by atoms with van der Waals surface area (Å²) in [6, 6.07) is 8.32. The standard InChI is InChI=1S/C14H21N3O/c1-3-12(14(15)18)17-9-10(2)16-8-11-6-4-5-7-13(11)17/h4-7,10,12,16H,3,8-9H2,1-2H3,(H2,15,18). The molecular formula is C14H21N3O. The van der Waals surface area contributed by atoms with Gasteiger partial charge in [0.2, 0.25) is 5.91 Å². The van der Waals surface area contributed by atoms with Crippen LogP contribution in [0.1, 0.15) is 25.8 Å². The quantitative estimate of drug-likeness (QED) is 0.845. The first-order valence-electron chi connectivity index (χ1n) is 6.50. The average Bonchev–Trinajstić information content (AvgIpc) is 2.51. The maximum Gasteiger partial charge on any atom is 0.240 e. The van der Waals surface area contributed by atoms with Crippen LogP contribution in [0.25, 0.3) is 0 Å². The largest absolute Gasteiger partial charge is 0.368 e. The molecule has 1 aromatic carbocycles. The van der Waals surface area contributed by atoms with Crippen molar-refractivity contribution < 1.29 is 4.79 Å². The van der Waals surface area contributed by atoms with E-state index in [1.807, 2.05) is 19.1 Å². The molecule has 1 aliphatic rings. The van der Waals surface area contributed by atoms with Gasteiger partial charge in [-0.15, -0.1) is 0 Å². The molecule has 0 saturated carbocycles. The number of hydrogen-bond acceptors (Lipinski definition) is 3. The number of primary amides is 1. The fourth-order valence-electron chi connectivity index (χ4n) is 2.55. The van der Waals surface area contributed by atoms with Crippen LogP contribution in [-0.4, -0.2) is 24.5 Å². The minimum absolute atomic E-state index is 0.228. The third kappa shape index (κ3) is 2.48. The van der Waals surface area contributed by atoms with E-state index < -0.39 is 0 Å². The second-order valence-corrected chi connectivity index (χ2v) is 4.89. The molecule has 2 unspecified atom stereocenters. The lowest BCUT2D eigenvalue weighted by Crippen LogP contribution is -2.48. The molecule has 1 aromatic rings. The normalized spacial score (nSPS) is 21.0. The van der Waals surface area contributed by atoms with Crippen LogP contribution in [-0.2, 0) is 11.3 Å². The number of rotatable bonds is 3. The Morgan fingerprint density at radius 3 is 2.94 bits per heavy atom. The maximum absolute atomic E-state index is 11.6. The van der Waals surface area contributed by atoms with Gasteiger partial charge in [-0.1, -0.05) is 25.1 Å². The van der Waals surface area contributed by atoms with Crippen LogP contribution < -0.4 is 16.0 Å². The lowest BCUT2D eigenvalue weighted by Gasteiger charge is -2.32. The van der Waals surface area contributed by atoms with Gasteiger partial charge < -0.3 is 16.0 Å². The lowest BCUT2D eigenvalue weighted by atomic mass is 10.1. The molecule has 98 valence electrons.